The van der Waals surface area contributed by atoms with Gasteiger partial charge >= 0.3 is 0 Å². The van der Waals surface area contributed by atoms with E-state index in [4.69, 9.17) is 0 Å². The lowest BCUT2D eigenvalue weighted by Gasteiger charge is -2.25. The topological polar surface area (TPSA) is 15.3 Å². The summed E-state index contributed by atoms with van der Waals surface area (Å²) in [5.74, 6) is 2.51. The summed E-state index contributed by atoms with van der Waals surface area (Å²) < 4.78 is 0. The van der Waals surface area contributed by atoms with E-state index < -0.39 is 0 Å². The molecule has 3 rings (SSSR count). The summed E-state index contributed by atoms with van der Waals surface area (Å²) >= 11 is 0. The van der Waals surface area contributed by atoms with Crippen LogP contribution in [0.25, 0.3) is 0 Å². The van der Waals surface area contributed by atoms with E-state index in [0.29, 0.717) is 6.04 Å². The second kappa shape index (κ2) is 5.87. The van der Waals surface area contributed by atoms with Gasteiger partial charge in [-0.15, -0.1) is 0 Å². The van der Waals surface area contributed by atoms with Crippen molar-refractivity contribution in [1.82, 2.24) is 10.2 Å². The first kappa shape index (κ1) is 14.1. The standard InChI is InChI=1S/C18H28N2/c1-13(2)8-15-4-6-16(7-5-15)14(3)20-11-17-9-19-10-18(17)12-20/h4-7,13-14,17-19H,8-12H2,1-3H3/t14?,17-,18+. The number of nitrogens with zero attached hydrogens (tertiary/aromatic N) is 1. The summed E-state index contributed by atoms with van der Waals surface area (Å²) in [4.78, 5) is 2.67. The van der Waals surface area contributed by atoms with Gasteiger partial charge in [0.15, 0.2) is 0 Å². The van der Waals surface area contributed by atoms with Gasteiger partial charge in [0, 0.05) is 19.1 Å². The second-order valence-corrected chi connectivity index (χ2v) is 7.15. The first-order valence-corrected chi connectivity index (χ1v) is 8.17. The van der Waals surface area contributed by atoms with Crippen LogP contribution in [0.15, 0.2) is 24.3 Å². The number of nitrogens with one attached hydrogen (secondary N) is 1. The van der Waals surface area contributed by atoms with Gasteiger partial charge in [-0.05, 0) is 55.3 Å². The van der Waals surface area contributed by atoms with Crippen molar-refractivity contribution in [2.45, 2.75) is 33.2 Å². The lowest BCUT2D eigenvalue weighted by atomic mass is 9.99. The Morgan fingerprint density at radius 2 is 1.65 bits per heavy atom. The Morgan fingerprint density at radius 3 is 2.20 bits per heavy atom. The molecule has 1 aromatic carbocycles. The van der Waals surface area contributed by atoms with Crippen LogP contribution in [0.4, 0.5) is 0 Å². The Hall–Kier alpha value is -0.860. The van der Waals surface area contributed by atoms with Gasteiger partial charge in [-0.2, -0.15) is 0 Å². The van der Waals surface area contributed by atoms with Gasteiger partial charge in [0.2, 0.25) is 0 Å². The maximum absolute atomic E-state index is 3.52. The highest BCUT2D eigenvalue weighted by atomic mass is 15.2. The molecule has 20 heavy (non-hydrogen) atoms. The Kier molecular flexibility index (Phi) is 4.13. The summed E-state index contributed by atoms with van der Waals surface area (Å²) in [5.41, 5.74) is 2.95. The largest absolute Gasteiger partial charge is 0.316 e. The van der Waals surface area contributed by atoms with Gasteiger partial charge in [0.1, 0.15) is 0 Å². The van der Waals surface area contributed by atoms with Crippen LogP contribution >= 0.6 is 0 Å². The van der Waals surface area contributed by atoms with Gasteiger partial charge in [-0.25, -0.2) is 0 Å². The lowest BCUT2D eigenvalue weighted by molar-refractivity contribution is 0.244. The highest BCUT2D eigenvalue weighted by Gasteiger charge is 2.37. The second-order valence-electron chi connectivity index (χ2n) is 7.15. The monoisotopic (exact) mass is 272 g/mol. The van der Waals surface area contributed by atoms with E-state index in [1.54, 1.807) is 0 Å². The molecule has 0 radical (unpaired) electrons. The van der Waals surface area contributed by atoms with E-state index in [0.717, 1.165) is 17.8 Å². The first-order valence-electron chi connectivity index (χ1n) is 8.17. The van der Waals surface area contributed by atoms with Crippen molar-refractivity contribution < 1.29 is 0 Å². The summed E-state index contributed by atoms with van der Waals surface area (Å²) in [6, 6.07) is 9.89. The van der Waals surface area contributed by atoms with Crippen molar-refractivity contribution in [3.8, 4) is 0 Å². The summed E-state index contributed by atoms with van der Waals surface area (Å²) in [6.45, 7) is 11.9. The van der Waals surface area contributed by atoms with Crippen LogP contribution in [-0.2, 0) is 6.42 Å². The van der Waals surface area contributed by atoms with Crippen LogP contribution in [0.1, 0.15) is 37.9 Å². The lowest BCUT2D eigenvalue weighted by Crippen LogP contribution is -2.28. The predicted octanol–water partition coefficient (Wildman–Crippen LogP) is 3.10. The number of hydrogen-bond donors (Lipinski definition) is 1. The van der Waals surface area contributed by atoms with E-state index in [-0.39, 0.29) is 0 Å². The molecule has 1 aromatic rings. The van der Waals surface area contributed by atoms with Gasteiger partial charge in [0.05, 0.1) is 0 Å². The minimum Gasteiger partial charge on any atom is -0.316 e. The molecule has 0 amide bonds. The first-order chi connectivity index (χ1) is 9.63. The number of fused-ring (bicyclic) bond motifs is 1. The SMILES string of the molecule is CC(C)Cc1ccc(C(C)N2C[C@H]3CNC[C@H]3C2)cc1. The van der Waals surface area contributed by atoms with Crippen LogP contribution in [0.3, 0.4) is 0 Å². The van der Waals surface area contributed by atoms with Crippen molar-refractivity contribution in [2.24, 2.45) is 17.8 Å². The predicted molar refractivity (Wildman–Crippen MR) is 84.8 cm³/mol. The van der Waals surface area contributed by atoms with Gasteiger partial charge < -0.3 is 5.32 Å². The van der Waals surface area contributed by atoms with E-state index >= 15 is 0 Å². The highest BCUT2D eigenvalue weighted by Crippen LogP contribution is 2.32. The molecular weight excluding hydrogens is 244 g/mol. The zero-order valence-electron chi connectivity index (χ0n) is 13.1. The number of benzene rings is 1. The average molecular weight is 272 g/mol. The van der Waals surface area contributed by atoms with Crippen molar-refractivity contribution in [3.63, 3.8) is 0 Å². The third kappa shape index (κ3) is 2.91. The summed E-state index contributed by atoms with van der Waals surface area (Å²) in [5, 5.41) is 3.52. The van der Waals surface area contributed by atoms with Crippen LogP contribution < -0.4 is 5.32 Å². The van der Waals surface area contributed by atoms with Crippen LogP contribution in [0.5, 0.6) is 0 Å². The van der Waals surface area contributed by atoms with Gasteiger partial charge in [-0.3, -0.25) is 4.90 Å². The zero-order valence-corrected chi connectivity index (χ0v) is 13.1. The number of likely N-dealkylation sites (tertiary alicyclic amines) is 1. The fourth-order valence-corrected chi connectivity index (χ4v) is 3.82. The highest BCUT2D eigenvalue weighted by molar-refractivity contribution is 5.25. The van der Waals surface area contributed by atoms with Gasteiger partial charge in [0.25, 0.3) is 0 Å². The number of rotatable bonds is 4. The Bertz CT molecular complexity index is 425. The van der Waals surface area contributed by atoms with E-state index in [1.165, 1.54) is 43.7 Å². The quantitative estimate of drug-likeness (QED) is 0.906. The molecule has 2 aliphatic heterocycles. The maximum Gasteiger partial charge on any atom is 0.0320 e. The third-order valence-electron chi connectivity index (χ3n) is 5.07. The molecule has 2 fully saturated rings. The van der Waals surface area contributed by atoms with Gasteiger partial charge in [-0.1, -0.05) is 38.1 Å². The van der Waals surface area contributed by atoms with Crippen LogP contribution in [0, 0.1) is 17.8 Å². The molecule has 2 heteroatoms. The normalized spacial score (nSPS) is 28.0. The molecule has 2 saturated heterocycles. The molecule has 1 N–H and O–H groups in total. The molecule has 3 atom stereocenters. The molecule has 2 aliphatic rings. The zero-order chi connectivity index (χ0) is 14.1. The maximum atomic E-state index is 3.52. The Morgan fingerprint density at radius 1 is 1.05 bits per heavy atom. The minimum atomic E-state index is 0.564. The third-order valence-corrected chi connectivity index (χ3v) is 5.07. The Balaban J connectivity index is 1.63. The fourth-order valence-electron chi connectivity index (χ4n) is 3.82. The average Bonchev–Trinajstić information content (AvgIpc) is 2.98. The van der Waals surface area contributed by atoms with Crippen molar-refractivity contribution >= 4 is 0 Å². The molecule has 2 heterocycles. The van der Waals surface area contributed by atoms with E-state index in [1.807, 2.05) is 0 Å². The molecule has 2 nitrogen and oxygen atoms in total. The molecule has 0 saturated carbocycles. The van der Waals surface area contributed by atoms with Crippen LogP contribution in [-0.4, -0.2) is 31.1 Å². The molecule has 0 bridgehead atoms. The van der Waals surface area contributed by atoms with Crippen molar-refractivity contribution in [2.75, 3.05) is 26.2 Å². The van der Waals surface area contributed by atoms with E-state index in [9.17, 15) is 0 Å². The molecule has 0 aromatic heterocycles. The smallest absolute Gasteiger partial charge is 0.0320 e. The van der Waals surface area contributed by atoms with Crippen molar-refractivity contribution in [1.29, 1.82) is 0 Å². The summed E-state index contributed by atoms with van der Waals surface area (Å²) in [7, 11) is 0. The minimum absolute atomic E-state index is 0.564. The molecular formula is C18H28N2. The Labute approximate surface area is 123 Å². The molecule has 0 aliphatic carbocycles. The molecule has 110 valence electrons. The number of hydrogen-bond acceptors (Lipinski definition) is 2. The fraction of sp³-hybridized carbons (Fsp3) is 0.667. The van der Waals surface area contributed by atoms with Crippen molar-refractivity contribution in [3.05, 3.63) is 35.4 Å². The van der Waals surface area contributed by atoms with E-state index in [2.05, 4.69) is 55.3 Å². The molecule has 0 spiro atoms. The summed E-state index contributed by atoms with van der Waals surface area (Å²) in [6.07, 6.45) is 1.19. The van der Waals surface area contributed by atoms with Crippen LogP contribution in [0.2, 0.25) is 0 Å². The molecule has 1 unspecified atom stereocenters.